The molecule has 0 amide bonds. The van der Waals surface area contributed by atoms with E-state index in [1.54, 1.807) is 0 Å². The highest BCUT2D eigenvalue weighted by Crippen LogP contribution is 2.50. The van der Waals surface area contributed by atoms with Gasteiger partial charge in [-0.2, -0.15) is 0 Å². The lowest BCUT2D eigenvalue weighted by molar-refractivity contribution is 0.660. The molecule has 0 radical (unpaired) electrons. The highest BCUT2D eigenvalue weighted by atomic mass is 16.3. The number of benzene rings is 8. The average molecular weight is 718 g/mol. The number of nitrogens with zero attached hydrogens (tertiary/aromatic N) is 3. The van der Waals surface area contributed by atoms with E-state index in [1.165, 1.54) is 33.4 Å². The van der Waals surface area contributed by atoms with Crippen LogP contribution in [0.2, 0.25) is 0 Å². The molecule has 0 aliphatic heterocycles. The average Bonchev–Trinajstić information content (AvgIpc) is 3.75. The Hall–Kier alpha value is -7.17. The maximum Gasteiger partial charge on any atom is 0.164 e. The van der Waals surface area contributed by atoms with Crippen molar-refractivity contribution in [2.45, 2.75) is 19.3 Å². The summed E-state index contributed by atoms with van der Waals surface area (Å²) >= 11 is 0. The van der Waals surface area contributed by atoms with Crippen LogP contribution in [-0.2, 0) is 5.41 Å². The second-order valence-corrected chi connectivity index (χ2v) is 15.2. The van der Waals surface area contributed by atoms with E-state index in [0.29, 0.717) is 17.5 Å². The quantitative estimate of drug-likeness (QED) is 0.178. The summed E-state index contributed by atoms with van der Waals surface area (Å²) in [6, 6.07) is 61.9. The van der Waals surface area contributed by atoms with Gasteiger partial charge in [-0.05, 0) is 79.5 Å². The molecule has 11 rings (SSSR count). The molecule has 0 atom stereocenters. The van der Waals surface area contributed by atoms with Gasteiger partial charge in [0.2, 0.25) is 0 Å². The van der Waals surface area contributed by atoms with E-state index in [1.807, 2.05) is 36.4 Å². The van der Waals surface area contributed by atoms with E-state index in [9.17, 15) is 0 Å². The molecular formula is C52H35N3O. The Labute approximate surface area is 324 Å². The Morgan fingerprint density at radius 2 is 0.893 bits per heavy atom. The monoisotopic (exact) mass is 717 g/mol. The molecule has 0 spiro atoms. The molecule has 0 saturated heterocycles. The van der Waals surface area contributed by atoms with Gasteiger partial charge >= 0.3 is 0 Å². The molecule has 0 N–H and O–H groups in total. The lowest BCUT2D eigenvalue weighted by atomic mass is 9.81. The third kappa shape index (κ3) is 5.10. The second-order valence-electron chi connectivity index (χ2n) is 15.2. The van der Waals surface area contributed by atoms with Crippen molar-refractivity contribution in [1.29, 1.82) is 0 Å². The first-order valence-corrected chi connectivity index (χ1v) is 19.1. The summed E-state index contributed by atoms with van der Waals surface area (Å²) < 4.78 is 6.68. The molecular weight excluding hydrogens is 683 g/mol. The molecule has 10 aromatic rings. The molecule has 56 heavy (non-hydrogen) atoms. The highest BCUT2D eigenvalue weighted by Gasteiger charge is 2.35. The van der Waals surface area contributed by atoms with Crippen LogP contribution in [-0.4, -0.2) is 15.0 Å². The van der Waals surface area contributed by atoms with Crippen LogP contribution >= 0.6 is 0 Å². The molecule has 1 aliphatic rings. The molecule has 4 nitrogen and oxygen atoms in total. The molecule has 4 heteroatoms. The van der Waals surface area contributed by atoms with Crippen LogP contribution in [0.5, 0.6) is 0 Å². The molecule has 2 heterocycles. The second kappa shape index (κ2) is 12.4. The molecule has 0 unspecified atom stereocenters. The van der Waals surface area contributed by atoms with Crippen molar-refractivity contribution >= 4 is 32.7 Å². The normalized spacial score (nSPS) is 13.0. The van der Waals surface area contributed by atoms with Crippen LogP contribution in [0.3, 0.4) is 0 Å². The van der Waals surface area contributed by atoms with Crippen LogP contribution in [0.1, 0.15) is 25.0 Å². The van der Waals surface area contributed by atoms with Gasteiger partial charge in [0.25, 0.3) is 0 Å². The van der Waals surface area contributed by atoms with Gasteiger partial charge in [0.1, 0.15) is 11.2 Å². The van der Waals surface area contributed by atoms with E-state index in [4.69, 9.17) is 19.4 Å². The van der Waals surface area contributed by atoms with Gasteiger partial charge in [0, 0.05) is 32.9 Å². The fraction of sp³-hybridized carbons (Fsp3) is 0.0577. The maximum atomic E-state index is 6.68. The van der Waals surface area contributed by atoms with Crippen molar-refractivity contribution in [3.63, 3.8) is 0 Å². The molecule has 0 saturated carbocycles. The van der Waals surface area contributed by atoms with Gasteiger partial charge in [-0.25, -0.2) is 15.0 Å². The van der Waals surface area contributed by atoms with Crippen molar-refractivity contribution in [1.82, 2.24) is 15.0 Å². The number of fused-ring (bicyclic) bond motifs is 8. The first-order valence-electron chi connectivity index (χ1n) is 19.1. The minimum absolute atomic E-state index is 0.0676. The fourth-order valence-electron chi connectivity index (χ4n) is 8.67. The van der Waals surface area contributed by atoms with Crippen LogP contribution < -0.4 is 0 Å². The van der Waals surface area contributed by atoms with Gasteiger partial charge in [-0.15, -0.1) is 0 Å². The van der Waals surface area contributed by atoms with Crippen LogP contribution in [0, 0.1) is 0 Å². The number of aromatic nitrogens is 3. The smallest absolute Gasteiger partial charge is 0.164 e. The van der Waals surface area contributed by atoms with Crippen LogP contribution in [0.15, 0.2) is 180 Å². The molecule has 2 aromatic heterocycles. The summed E-state index contributed by atoms with van der Waals surface area (Å²) in [5.41, 5.74) is 14.4. The Morgan fingerprint density at radius 1 is 0.357 bits per heavy atom. The van der Waals surface area contributed by atoms with E-state index in [-0.39, 0.29) is 5.41 Å². The SMILES string of the molecule is CC1(C)c2ccccc2-c2ccc(-c3ccc4oc5cc(-c6nc(-c7ccccc7)nc(-c7ccc(-c8ccccc8)cc7)n6)c6ccccc6c5c4c3)cc21. The third-order valence-corrected chi connectivity index (χ3v) is 11.6. The van der Waals surface area contributed by atoms with E-state index in [2.05, 4.69) is 153 Å². The van der Waals surface area contributed by atoms with Crippen molar-refractivity contribution in [2.75, 3.05) is 0 Å². The van der Waals surface area contributed by atoms with Crippen LogP contribution in [0.25, 0.3) is 100 Å². The standard InChI is InChI=1S/C52H35N3O/c1-52(2)44-20-12-11-18-39(44)40-27-25-37(30-45(40)52)36-26-28-46-43(29-36)48-41-19-10-9-17-38(41)42(31-47(48)56-46)51-54-49(34-15-7-4-8-16-34)53-50(55-51)35-23-21-33(22-24-35)32-13-5-3-6-14-32/h3-31H,1-2H3. The molecule has 0 fully saturated rings. The van der Waals surface area contributed by atoms with Gasteiger partial charge in [0.15, 0.2) is 17.5 Å². The minimum atomic E-state index is -0.0676. The minimum Gasteiger partial charge on any atom is -0.456 e. The zero-order valence-electron chi connectivity index (χ0n) is 31.0. The topological polar surface area (TPSA) is 51.8 Å². The Kier molecular flexibility index (Phi) is 7.17. The van der Waals surface area contributed by atoms with E-state index >= 15 is 0 Å². The van der Waals surface area contributed by atoms with Gasteiger partial charge in [-0.3, -0.25) is 0 Å². The predicted molar refractivity (Wildman–Crippen MR) is 229 cm³/mol. The molecule has 1 aliphatic carbocycles. The number of hydrogen-bond acceptors (Lipinski definition) is 4. The summed E-state index contributed by atoms with van der Waals surface area (Å²) in [5, 5.41) is 4.32. The van der Waals surface area contributed by atoms with Gasteiger partial charge in [-0.1, -0.05) is 166 Å². The first-order chi connectivity index (χ1) is 27.5. The fourth-order valence-corrected chi connectivity index (χ4v) is 8.67. The number of rotatable bonds is 5. The largest absolute Gasteiger partial charge is 0.456 e. The third-order valence-electron chi connectivity index (χ3n) is 11.6. The van der Waals surface area contributed by atoms with E-state index < -0.39 is 0 Å². The van der Waals surface area contributed by atoms with Crippen LogP contribution in [0.4, 0.5) is 0 Å². The lowest BCUT2D eigenvalue weighted by Gasteiger charge is -2.22. The van der Waals surface area contributed by atoms with Gasteiger partial charge in [0.05, 0.1) is 0 Å². The predicted octanol–water partition coefficient (Wildman–Crippen LogP) is 13.6. The summed E-state index contributed by atoms with van der Waals surface area (Å²) in [7, 11) is 0. The van der Waals surface area contributed by atoms with Crippen molar-refractivity contribution in [3.8, 4) is 67.5 Å². The van der Waals surface area contributed by atoms with E-state index in [0.717, 1.165) is 60.5 Å². The summed E-state index contributed by atoms with van der Waals surface area (Å²) in [6.45, 7) is 4.66. The Morgan fingerprint density at radius 3 is 1.66 bits per heavy atom. The molecule has 8 aromatic carbocycles. The molecule has 264 valence electrons. The Balaban J connectivity index is 1.06. The Bertz CT molecular complexity index is 3140. The summed E-state index contributed by atoms with van der Waals surface area (Å²) in [4.78, 5) is 15.3. The van der Waals surface area contributed by atoms with Crippen molar-refractivity contribution in [3.05, 3.63) is 187 Å². The number of hydrogen-bond donors (Lipinski definition) is 0. The maximum absolute atomic E-state index is 6.68. The highest BCUT2D eigenvalue weighted by molar-refractivity contribution is 6.22. The van der Waals surface area contributed by atoms with Crippen molar-refractivity contribution in [2.24, 2.45) is 0 Å². The first kappa shape index (κ1) is 32.3. The zero-order valence-corrected chi connectivity index (χ0v) is 31.0. The lowest BCUT2D eigenvalue weighted by Crippen LogP contribution is -2.14. The van der Waals surface area contributed by atoms with Crippen molar-refractivity contribution < 1.29 is 4.42 Å². The summed E-state index contributed by atoms with van der Waals surface area (Å²) in [5.74, 6) is 1.84. The van der Waals surface area contributed by atoms with Gasteiger partial charge < -0.3 is 4.42 Å². The summed E-state index contributed by atoms with van der Waals surface area (Å²) in [6.07, 6.45) is 0. The number of furan rings is 1. The molecule has 0 bridgehead atoms. The zero-order chi connectivity index (χ0) is 37.4.